The molecule has 0 bridgehead atoms. The molecule has 0 unspecified atom stereocenters. The molecule has 0 saturated heterocycles. The Bertz CT molecular complexity index is 697. The van der Waals surface area contributed by atoms with Gasteiger partial charge in [0.15, 0.2) is 11.5 Å². The van der Waals surface area contributed by atoms with Crippen LogP contribution in [0.5, 0.6) is 11.5 Å². The third-order valence-corrected chi connectivity index (χ3v) is 5.27. The Labute approximate surface area is 152 Å². The molecule has 6 heteroatoms. The number of carbonyl (C=O) groups is 1. The van der Waals surface area contributed by atoms with Gasteiger partial charge in [0, 0.05) is 23.5 Å². The van der Waals surface area contributed by atoms with Crippen LogP contribution < -0.4 is 9.47 Å². The van der Waals surface area contributed by atoms with Crippen molar-refractivity contribution in [2.75, 3.05) is 13.7 Å². The minimum absolute atomic E-state index is 0.0683. The standard InChI is InChI=1S/C19H24N2O3S/c1-3-21(16-6-4-5-7-16)19(22)14-8-9-17(18(10-14)23-2)24-11-15-12-25-13-20-15/h8-10,12-13,16H,3-7,11H2,1-2H3. The molecule has 2 aromatic rings. The molecule has 0 atom stereocenters. The largest absolute Gasteiger partial charge is 0.493 e. The Kier molecular flexibility index (Phi) is 5.91. The van der Waals surface area contributed by atoms with Gasteiger partial charge in [0.1, 0.15) is 6.61 Å². The first-order chi connectivity index (χ1) is 12.2. The van der Waals surface area contributed by atoms with E-state index < -0.39 is 0 Å². The average molecular weight is 360 g/mol. The number of thiazole rings is 1. The van der Waals surface area contributed by atoms with Crippen molar-refractivity contribution in [3.8, 4) is 11.5 Å². The Morgan fingerprint density at radius 3 is 2.76 bits per heavy atom. The van der Waals surface area contributed by atoms with Crippen molar-refractivity contribution < 1.29 is 14.3 Å². The molecule has 0 aliphatic heterocycles. The predicted molar refractivity (Wildman–Crippen MR) is 98.4 cm³/mol. The molecule has 5 nitrogen and oxygen atoms in total. The average Bonchev–Trinajstić information content (AvgIpc) is 3.34. The van der Waals surface area contributed by atoms with E-state index >= 15 is 0 Å². The van der Waals surface area contributed by atoms with Crippen molar-refractivity contribution in [3.63, 3.8) is 0 Å². The van der Waals surface area contributed by atoms with Gasteiger partial charge in [0.05, 0.1) is 18.3 Å². The molecule has 1 amide bonds. The number of ether oxygens (including phenoxy) is 2. The second kappa shape index (κ2) is 8.34. The number of hydrogen-bond acceptors (Lipinski definition) is 5. The summed E-state index contributed by atoms with van der Waals surface area (Å²) in [4.78, 5) is 19.1. The summed E-state index contributed by atoms with van der Waals surface area (Å²) >= 11 is 1.54. The van der Waals surface area contributed by atoms with Gasteiger partial charge in [-0.05, 0) is 38.0 Å². The first kappa shape index (κ1) is 17.7. The molecule has 1 fully saturated rings. The fourth-order valence-electron chi connectivity index (χ4n) is 3.33. The summed E-state index contributed by atoms with van der Waals surface area (Å²) in [6.45, 7) is 3.16. The van der Waals surface area contributed by atoms with Gasteiger partial charge >= 0.3 is 0 Å². The fourth-order valence-corrected chi connectivity index (χ4v) is 3.87. The molecule has 134 valence electrons. The minimum atomic E-state index is 0.0683. The molecule has 1 saturated carbocycles. The van der Waals surface area contributed by atoms with Gasteiger partial charge in [-0.25, -0.2) is 4.98 Å². The van der Waals surface area contributed by atoms with Crippen molar-refractivity contribution in [1.82, 2.24) is 9.88 Å². The number of nitrogens with zero attached hydrogens (tertiary/aromatic N) is 2. The monoisotopic (exact) mass is 360 g/mol. The highest BCUT2D eigenvalue weighted by molar-refractivity contribution is 7.07. The normalized spacial score (nSPS) is 14.5. The van der Waals surface area contributed by atoms with E-state index in [4.69, 9.17) is 9.47 Å². The highest BCUT2D eigenvalue weighted by atomic mass is 32.1. The van der Waals surface area contributed by atoms with E-state index in [0.717, 1.165) is 25.1 Å². The van der Waals surface area contributed by atoms with Gasteiger partial charge in [-0.15, -0.1) is 11.3 Å². The zero-order valence-corrected chi connectivity index (χ0v) is 15.6. The molecular formula is C19H24N2O3S. The van der Waals surface area contributed by atoms with Crippen molar-refractivity contribution in [1.29, 1.82) is 0 Å². The molecule has 1 aliphatic rings. The summed E-state index contributed by atoms with van der Waals surface area (Å²) in [7, 11) is 1.59. The smallest absolute Gasteiger partial charge is 0.254 e. The summed E-state index contributed by atoms with van der Waals surface area (Å²) in [5.41, 5.74) is 3.30. The molecule has 0 N–H and O–H groups in total. The first-order valence-electron chi connectivity index (χ1n) is 8.71. The highest BCUT2D eigenvalue weighted by Gasteiger charge is 2.26. The molecule has 1 aliphatic carbocycles. The van der Waals surface area contributed by atoms with E-state index in [1.807, 2.05) is 23.3 Å². The lowest BCUT2D eigenvalue weighted by Crippen LogP contribution is -2.38. The van der Waals surface area contributed by atoms with E-state index in [1.54, 1.807) is 24.8 Å². The van der Waals surface area contributed by atoms with E-state index in [-0.39, 0.29) is 5.91 Å². The number of hydrogen-bond donors (Lipinski definition) is 0. The van der Waals surface area contributed by atoms with Gasteiger partial charge in [0.2, 0.25) is 0 Å². The third-order valence-electron chi connectivity index (χ3n) is 4.64. The SMILES string of the molecule is CCN(C(=O)c1ccc(OCc2cscn2)c(OC)c1)C1CCCC1. The van der Waals surface area contributed by atoms with Gasteiger partial charge in [-0.3, -0.25) is 4.79 Å². The highest BCUT2D eigenvalue weighted by Crippen LogP contribution is 2.31. The first-order valence-corrected chi connectivity index (χ1v) is 9.66. The number of amides is 1. The van der Waals surface area contributed by atoms with Crippen molar-refractivity contribution in [2.45, 2.75) is 45.3 Å². The topological polar surface area (TPSA) is 51.7 Å². The summed E-state index contributed by atoms with van der Waals surface area (Å²) in [5, 5.41) is 1.95. The van der Waals surface area contributed by atoms with Crippen LogP contribution in [0.2, 0.25) is 0 Å². The zero-order chi connectivity index (χ0) is 17.6. The van der Waals surface area contributed by atoms with Crippen LogP contribution in [0.25, 0.3) is 0 Å². The number of rotatable bonds is 7. The van der Waals surface area contributed by atoms with Crippen LogP contribution in [0, 0.1) is 0 Å². The van der Waals surface area contributed by atoms with Crippen LogP contribution in [0.4, 0.5) is 0 Å². The van der Waals surface area contributed by atoms with Crippen LogP contribution in [0.1, 0.15) is 48.7 Å². The molecule has 1 aromatic carbocycles. The number of aromatic nitrogens is 1. The van der Waals surface area contributed by atoms with Gasteiger partial charge in [0.25, 0.3) is 5.91 Å². The molecule has 3 rings (SSSR count). The Balaban J connectivity index is 1.74. The maximum absolute atomic E-state index is 12.9. The molecule has 0 spiro atoms. The van der Waals surface area contributed by atoms with E-state index in [1.165, 1.54) is 24.2 Å². The molecule has 1 aromatic heterocycles. The summed E-state index contributed by atoms with van der Waals surface area (Å²) in [6, 6.07) is 5.76. The fraction of sp³-hybridized carbons (Fsp3) is 0.474. The van der Waals surface area contributed by atoms with E-state index in [0.29, 0.717) is 29.7 Å². The Hall–Kier alpha value is -2.08. The molecule has 1 heterocycles. The maximum Gasteiger partial charge on any atom is 0.254 e. The third kappa shape index (κ3) is 4.12. The molecule has 25 heavy (non-hydrogen) atoms. The predicted octanol–water partition coefficient (Wildman–Crippen LogP) is 4.14. The van der Waals surface area contributed by atoms with Crippen LogP contribution in [0.3, 0.4) is 0 Å². The summed E-state index contributed by atoms with van der Waals surface area (Å²) in [6.07, 6.45) is 4.62. The van der Waals surface area contributed by atoms with E-state index in [2.05, 4.69) is 4.98 Å². The number of methoxy groups -OCH3 is 1. The van der Waals surface area contributed by atoms with Crippen LogP contribution in [0.15, 0.2) is 29.1 Å². The van der Waals surface area contributed by atoms with Gasteiger partial charge in [-0.2, -0.15) is 0 Å². The molecule has 0 radical (unpaired) electrons. The minimum Gasteiger partial charge on any atom is -0.493 e. The number of benzene rings is 1. The van der Waals surface area contributed by atoms with Crippen LogP contribution >= 0.6 is 11.3 Å². The zero-order valence-electron chi connectivity index (χ0n) is 14.7. The van der Waals surface area contributed by atoms with Gasteiger partial charge < -0.3 is 14.4 Å². The van der Waals surface area contributed by atoms with Crippen LogP contribution in [-0.4, -0.2) is 35.5 Å². The quantitative estimate of drug-likeness (QED) is 0.745. The van der Waals surface area contributed by atoms with Crippen molar-refractivity contribution in [3.05, 3.63) is 40.3 Å². The Morgan fingerprint density at radius 2 is 2.12 bits per heavy atom. The summed E-state index contributed by atoms with van der Waals surface area (Å²) in [5.74, 6) is 1.26. The van der Waals surface area contributed by atoms with Crippen molar-refractivity contribution in [2.24, 2.45) is 0 Å². The number of carbonyl (C=O) groups excluding carboxylic acids is 1. The molecular weight excluding hydrogens is 336 g/mol. The Morgan fingerprint density at radius 1 is 1.32 bits per heavy atom. The van der Waals surface area contributed by atoms with Crippen molar-refractivity contribution >= 4 is 17.2 Å². The lowest BCUT2D eigenvalue weighted by molar-refractivity contribution is 0.0693. The second-order valence-corrected chi connectivity index (χ2v) is 6.88. The maximum atomic E-state index is 12.9. The second-order valence-electron chi connectivity index (χ2n) is 6.16. The van der Waals surface area contributed by atoms with E-state index in [9.17, 15) is 4.79 Å². The lowest BCUT2D eigenvalue weighted by atomic mass is 10.1. The van der Waals surface area contributed by atoms with Gasteiger partial charge in [-0.1, -0.05) is 12.8 Å². The van der Waals surface area contributed by atoms with Crippen LogP contribution in [-0.2, 0) is 6.61 Å². The summed E-state index contributed by atoms with van der Waals surface area (Å²) < 4.78 is 11.2. The lowest BCUT2D eigenvalue weighted by Gasteiger charge is -2.28.